The first-order chi connectivity index (χ1) is 37.3. The average Bonchev–Trinajstić information content (AvgIpc) is 2.57. The van der Waals surface area contributed by atoms with Gasteiger partial charge in [-0.25, -0.2) is 50.5 Å². The standard InChI is InChI=1S/C44H36N12O18S6.6Na/c57-75(58,59)33-9-1-5-27(19-33)45-39-51-40(46-28-6-2-10-34(20-28)76(60,61)62)54-43(53-39)49-31-17-15-25(37(23-31)79(69,70)71)13-14-26-16-18-32(24-38(26)80(72,73)74)50-44-55-41(47-29-7-3-11-35(21-29)77(63,64)65)52-42(56-44)48-30-8-4-12-36(22-30)78(66,67)68;;;;;;/h1-24H,(H,57,58,59)(H,60,61,62)(H,63,64,65)(H,66,67,68)(H,69,70,71)(H,72,73,74)(H3,45,46,49,51,53,54)(H3,47,48,50,52,55,56);;;;;;/q;6*+1/p-6. The van der Waals surface area contributed by atoms with Crippen LogP contribution in [0.1, 0.15) is 11.1 Å². The largest absolute Gasteiger partial charge is 1.00 e. The van der Waals surface area contributed by atoms with Gasteiger partial charge in [-0.3, -0.25) is 0 Å². The number of benzene rings is 6. The fourth-order valence-electron chi connectivity index (χ4n) is 6.89. The van der Waals surface area contributed by atoms with E-state index >= 15 is 0 Å². The van der Waals surface area contributed by atoms with Crippen LogP contribution < -0.4 is 209 Å². The average molecular weight is 1350 g/mol. The molecule has 2 heterocycles. The van der Waals surface area contributed by atoms with Gasteiger partial charge in [0, 0.05) is 34.1 Å². The summed E-state index contributed by atoms with van der Waals surface area (Å²) < 4.78 is 217. The molecule has 0 aliphatic heterocycles. The third kappa shape index (κ3) is 22.6. The minimum absolute atomic E-state index is 0. The van der Waals surface area contributed by atoms with Crippen molar-refractivity contribution in [1.82, 2.24) is 29.9 Å². The monoisotopic (exact) mass is 1340 g/mol. The maximum Gasteiger partial charge on any atom is 1.00 e. The molecular weight excluding hydrogens is 1310 g/mol. The van der Waals surface area contributed by atoms with Gasteiger partial charge in [-0.1, -0.05) is 48.6 Å². The molecule has 0 saturated carbocycles. The summed E-state index contributed by atoms with van der Waals surface area (Å²) in [6.07, 6.45) is 1.99. The van der Waals surface area contributed by atoms with Crippen LogP contribution in [0.2, 0.25) is 0 Å². The number of rotatable bonds is 20. The van der Waals surface area contributed by atoms with E-state index in [9.17, 15) is 77.8 Å². The van der Waals surface area contributed by atoms with Gasteiger partial charge in [-0.05, 0) is 108 Å². The molecule has 8 aromatic rings. The van der Waals surface area contributed by atoms with Crippen molar-refractivity contribution in [2.75, 3.05) is 31.9 Å². The van der Waals surface area contributed by atoms with Crippen molar-refractivity contribution in [2.45, 2.75) is 29.4 Å². The maximum absolute atomic E-state index is 12.7. The second-order valence-electron chi connectivity index (χ2n) is 16.0. The van der Waals surface area contributed by atoms with Gasteiger partial charge in [0.2, 0.25) is 35.7 Å². The molecule has 86 heavy (non-hydrogen) atoms. The first-order valence-electron chi connectivity index (χ1n) is 21.6. The zero-order chi connectivity index (χ0) is 58.0. The summed E-state index contributed by atoms with van der Waals surface area (Å²) >= 11 is 0. The molecular formula is C44H30N12Na6O18S6. The predicted molar refractivity (Wildman–Crippen MR) is 275 cm³/mol. The molecule has 0 atom stereocenters. The molecule has 0 radical (unpaired) electrons. The molecule has 416 valence electrons. The molecule has 6 aromatic carbocycles. The number of aromatic nitrogens is 6. The number of nitrogens with one attached hydrogen (secondary N) is 6. The smallest absolute Gasteiger partial charge is 0.744 e. The van der Waals surface area contributed by atoms with Crippen LogP contribution in [0.25, 0.3) is 12.2 Å². The second kappa shape index (κ2) is 32.6. The van der Waals surface area contributed by atoms with Crippen molar-refractivity contribution in [3.63, 3.8) is 0 Å². The van der Waals surface area contributed by atoms with Gasteiger partial charge < -0.3 is 59.2 Å². The predicted octanol–water partition coefficient (Wildman–Crippen LogP) is -13.9. The molecule has 0 fully saturated rings. The Bertz CT molecular complexity index is 4080. The topological polar surface area (TPSA) is 493 Å². The van der Waals surface area contributed by atoms with Crippen molar-refractivity contribution >= 4 is 143 Å². The van der Waals surface area contributed by atoms with Crippen molar-refractivity contribution in [2.24, 2.45) is 0 Å². The van der Waals surface area contributed by atoms with Gasteiger partial charge in [-0.2, -0.15) is 29.9 Å². The Morgan fingerprint density at radius 3 is 0.651 bits per heavy atom. The van der Waals surface area contributed by atoms with Crippen LogP contribution in [0.4, 0.5) is 69.8 Å². The first kappa shape index (κ1) is 79.4. The van der Waals surface area contributed by atoms with Crippen molar-refractivity contribution in [3.8, 4) is 0 Å². The summed E-state index contributed by atoms with van der Waals surface area (Å²) in [4.78, 5) is 20.6. The van der Waals surface area contributed by atoms with Crippen LogP contribution in [0.5, 0.6) is 0 Å². The van der Waals surface area contributed by atoms with Gasteiger partial charge >= 0.3 is 177 Å². The molecule has 0 aliphatic rings. The van der Waals surface area contributed by atoms with Gasteiger partial charge in [0.05, 0.1) is 29.4 Å². The van der Waals surface area contributed by atoms with Gasteiger partial charge in [-0.15, -0.1) is 0 Å². The molecule has 42 heteroatoms. The number of anilines is 12. The maximum atomic E-state index is 12.7. The van der Waals surface area contributed by atoms with Gasteiger partial charge in [0.1, 0.15) is 60.7 Å². The molecule has 0 amide bonds. The van der Waals surface area contributed by atoms with Crippen LogP contribution in [0.3, 0.4) is 0 Å². The van der Waals surface area contributed by atoms with Crippen molar-refractivity contribution in [1.29, 1.82) is 0 Å². The summed E-state index contributed by atoms with van der Waals surface area (Å²) in [6, 6.07) is 24.4. The fourth-order valence-corrected chi connectivity index (χ4v) is 10.3. The Hall–Kier alpha value is -2.66. The molecule has 30 nitrogen and oxygen atoms in total. The van der Waals surface area contributed by atoms with Crippen LogP contribution >= 0.6 is 0 Å². The van der Waals surface area contributed by atoms with Crippen LogP contribution in [-0.2, 0) is 60.7 Å². The van der Waals surface area contributed by atoms with Gasteiger partial charge in [0.25, 0.3) is 0 Å². The number of nitrogens with zero attached hydrogens (tertiary/aromatic N) is 6. The molecule has 6 N–H and O–H groups in total. The SMILES string of the molecule is O=S(=O)([O-])c1cccc(Nc2nc(Nc3cccc(S(=O)(=O)[O-])c3)nc(Nc3ccc(C=Cc4ccc(Nc5nc(Nc6cccc(S(=O)(=O)[O-])c6)nc(Nc6cccc(S(=O)(=O)[O-])c6)n5)cc4S(=O)(=O)[O-])c(S(=O)(=O)[O-])c3)n2)c1.[Na+].[Na+].[Na+].[Na+].[Na+].[Na+]. The summed E-state index contributed by atoms with van der Waals surface area (Å²) in [5, 5.41) is 16.0. The minimum Gasteiger partial charge on any atom is -0.744 e. The molecule has 0 saturated heterocycles. The Labute approximate surface area is 624 Å². The Morgan fingerprint density at radius 1 is 0.267 bits per heavy atom. The summed E-state index contributed by atoms with van der Waals surface area (Å²) in [5.41, 5.74) is -1.15. The second-order valence-corrected chi connectivity index (χ2v) is 24.3. The summed E-state index contributed by atoms with van der Waals surface area (Å²) in [5.74, 6) is -2.28. The molecule has 0 unspecified atom stereocenters. The van der Waals surface area contributed by atoms with Crippen molar-refractivity contribution < 1.29 is 255 Å². The van der Waals surface area contributed by atoms with E-state index in [4.69, 9.17) is 0 Å². The van der Waals surface area contributed by atoms with E-state index in [-0.39, 0.29) is 246 Å². The van der Waals surface area contributed by atoms with Crippen molar-refractivity contribution in [3.05, 3.63) is 145 Å². The van der Waals surface area contributed by atoms with E-state index < -0.39 is 102 Å². The first-order valence-corrected chi connectivity index (χ1v) is 30.0. The van der Waals surface area contributed by atoms with E-state index in [1.807, 2.05) is 0 Å². The zero-order valence-electron chi connectivity index (χ0n) is 45.3. The normalized spacial score (nSPS) is 11.6. The van der Waals surface area contributed by atoms with Gasteiger partial charge in [0.15, 0.2) is 0 Å². The zero-order valence-corrected chi connectivity index (χ0v) is 62.2. The molecule has 0 spiro atoms. The van der Waals surface area contributed by atoms with E-state index in [2.05, 4.69) is 61.8 Å². The Morgan fingerprint density at radius 2 is 0.465 bits per heavy atom. The summed E-state index contributed by atoms with van der Waals surface area (Å²) in [6.45, 7) is 0. The number of hydrogen-bond acceptors (Lipinski definition) is 30. The van der Waals surface area contributed by atoms with Crippen LogP contribution in [-0.4, -0.2) is 108 Å². The minimum atomic E-state index is -5.40. The fraction of sp³-hybridized carbons (Fsp3) is 0. The van der Waals surface area contributed by atoms with E-state index in [0.29, 0.717) is 0 Å². The van der Waals surface area contributed by atoms with E-state index in [1.165, 1.54) is 60.7 Å². The third-order valence-electron chi connectivity index (χ3n) is 10.3. The van der Waals surface area contributed by atoms with E-state index in [1.54, 1.807) is 0 Å². The van der Waals surface area contributed by atoms with Crippen LogP contribution in [0, 0.1) is 0 Å². The molecule has 8 rings (SSSR count). The molecule has 0 aliphatic carbocycles. The Balaban J connectivity index is 0.00000420. The molecule has 2 aromatic heterocycles. The quantitative estimate of drug-likeness (QED) is 0.0234. The summed E-state index contributed by atoms with van der Waals surface area (Å²) in [7, 11) is -30.5. The van der Waals surface area contributed by atoms with Crippen LogP contribution in [0.15, 0.2) is 163 Å². The van der Waals surface area contributed by atoms with E-state index in [0.717, 1.165) is 84.9 Å². The third-order valence-corrected chi connectivity index (χ3v) is 15.4. The number of hydrogen-bond donors (Lipinski definition) is 6. The Kier molecular flexibility index (Phi) is 30.1. The molecule has 0 bridgehead atoms.